The van der Waals surface area contributed by atoms with Crippen LogP contribution in [0.2, 0.25) is 5.02 Å². The lowest BCUT2D eigenvalue weighted by Gasteiger charge is -2.36. The summed E-state index contributed by atoms with van der Waals surface area (Å²) in [6.45, 7) is 3.35. The van der Waals surface area contributed by atoms with Crippen LogP contribution in [0, 0.1) is 5.82 Å². The van der Waals surface area contributed by atoms with E-state index in [1.807, 2.05) is 29.2 Å². The average molecular weight is 442 g/mol. The molecule has 0 aliphatic carbocycles. The summed E-state index contributed by atoms with van der Waals surface area (Å²) >= 11 is 5.97. The van der Waals surface area contributed by atoms with Gasteiger partial charge < -0.3 is 14.5 Å². The number of hydrogen-bond donors (Lipinski definition) is 0. The summed E-state index contributed by atoms with van der Waals surface area (Å²) in [5, 5.41) is 9.04. The van der Waals surface area contributed by atoms with E-state index in [9.17, 15) is 9.18 Å². The smallest absolute Gasteiger partial charge is 0.276 e. The molecule has 1 fully saturated rings. The first-order valence-electron chi connectivity index (χ1n) is 10.2. The van der Waals surface area contributed by atoms with Crippen LogP contribution in [0.4, 0.5) is 10.1 Å². The normalized spacial score (nSPS) is 18.7. The maximum atomic E-state index is 13.2. The van der Waals surface area contributed by atoms with Crippen LogP contribution in [0.5, 0.6) is 0 Å². The third-order valence-electron chi connectivity index (χ3n) is 5.80. The van der Waals surface area contributed by atoms with E-state index >= 15 is 0 Å². The number of halogens is 2. The molecular weight excluding hydrogens is 421 g/mol. The van der Waals surface area contributed by atoms with Crippen molar-refractivity contribution in [2.45, 2.75) is 19.3 Å². The van der Waals surface area contributed by atoms with E-state index in [0.717, 1.165) is 24.3 Å². The van der Waals surface area contributed by atoms with Crippen molar-refractivity contribution >= 4 is 23.2 Å². The average Bonchev–Trinajstić information content (AvgIpc) is 3.23. The Balaban J connectivity index is 1.24. The number of benzene rings is 2. The summed E-state index contributed by atoms with van der Waals surface area (Å²) in [6, 6.07) is 14.0. The van der Waals surface area contributed by atoms with Gasteiger partial charge in [0.15, 0.2) is 5.69 Å². The van der Waals surface area contributed by atoms with Crippen molar-refractivity contribution in [1.82, 2.24) is 19.9 Å². The Kier molecular flexibility index (Phi) is 5.33. The molecular formula is C22H21ClFN5O2. The van der Waals surface area contributed by atoms with Gasteiger partial charge in [-0.05, 0) is 42.0 Å². The minimum absolute atomic E-state index is 0.124. The minimum Gasteiger partial charge on any atom is -0.368 e. The number of anilines is 1. The van der Waals surface area contributed by atoms with Crippen LogP contribution in [0.1, 0.15) is 27.8 Å². The van der Waals surface area contributed by atoms with Gasteiger partial charge in [-0.15, -0.1) is 5.10 Å². The predicted octanol–water partition coefficient (Wildman–Crippen LogP) is 3.30. The third kappa shape index (κ3) is 4.00. The summed E-state index contributed by atoms with van der Waals surface area (Å²) in [7, 11) is 0. The van der Waals surface area contributed by atoms with Gasteiger partial charge in [0.1, 0.15) is 11.9 Å². The maximum Gasteiger partial charge on any atom is 0.276 e. The Morgan fingerprint density at radius 2 is 1.74 bits per heavy atom. The van der Waals surface area contributed by atoms with Gasteiger partial charge in [-0.3, -0.25) is 4.79 Å². The highest BCUT2D eigenvalue weighted by Gasteiger charge is 2.31. The summed E-state index contributed by atoms with van der Waals surface area (Å²) in [4.78, 5) is 17.1. The van der Waals surface area contributed by atoms with Crippen molar-refractivity contribution in [3.63, 3.8) is 0 Å². The number of ether oxygens (including phenoxy) is 1. The van der Waals surface area contributed by atoms with Crippen LogP contribution in [0.3, 0.4) is 0 Å². The Bertz CT molecular complexity index is 1080. The van der Waals surface area contributed by atoms with Gasteiger partial charge in [-0.2, -0.15) is 0 Å². The van der Waals surface area contributed by atoms with E-state index < -0.39 is 0 Å². The second kappa shape index (κ2) is 8.28. The van der Waals surface area contributed by atoms with E-state index in [1.165, 1.54) is 12.1 Å². The zero-order valence-corrected chi connectivity index (χ0v) is 17.5. The number of hydrogen-bond acceptors (Lipinski definition) is 5. The Morgan fingerprint density at radius 1 is 1.03 bits per heavy atom. The quantitative estimate of drug-likeness (QED) is 0.624. The van der Waals surface area contributed by atoms with Gasteiger partial charge in [-0.1, -0.05) is 28.9 Å². The molecule has 1 amide bonds. The van der Waals surface area contributed by atoms with E-state index in [-0.39, 0.29) is 24.4 Å². The van der Waals surface area contributed by atoms with E-state index in [4.69, 9.17) is 16.3 Å². The Hall–Kier alpha value is -2.97. The molecule has 9 heteroatoms. The van der Waals surface area contributed by atoms with Crippen LogP contribution in [0.25, 0.3) is 0 Å². The highest BCUT2D eigenvalue weighted by Crippen LogP contribution is 2.28. The Labute approximate surface area is 184 Å². The zero-order valence-electron chi connectivity index (χ0n) is 16.7. The van der Waals surface area contributed by atoms with Crippen molar-refractivity contribution in [3.8, 4) is 0 Å². The van der Waals surface area contributed by atoms with Crippen LogP contribution in [-0.4, -0.2) is 52.0 Å². The Morgan fingerprint density at radius 3 is 2.45 bits per heavy atom. The molecule has 160 valence electrons. The van der Waals surface area contributed by atoms with Gasteiger partial charge in [0, 0.05) is 36.9 Å². The minimum atomic E-state index is -0.287. The molecule has 5 rings (SSSR count). The molecule has 0 radical (unpaired) electrons. The molecule has 3 heterocycles. The van der Waals surface area contributed by atoms with Crippen LogP contribution in [0.15, 0.2) is 48.5 Å². The first-order chi connectivity index (χ1) is 15.1. The number of amides is 1. The predicted molar refractivity (Wildman–Crippen MR) is 114 cm³/mol. The van der Waals surface area contributed by atoms with E-state index in [2.05, 4.69) is 15.2 Å². The first-order valence-corrected chi connectivity index (χ1v) is 10.6. The highest BCUT2D eigenvalue weighted by atomic mass is 35.5. The maximum absolute atomic E-state index is 13.2. The standard InChI is InChI=1S/C22H21ClFN5O2/c23-16-3-7-18(8-4-16)27-9-11-28(12-10-27)22(30)21-19-14-31-20(13-29(19)26-25-21)15-1-5-17(24)6-2-15/h1-8,20H,9-14H2/t20-/m0/s1. The fourth-order valence-corrected chi connectivity index (χ4v) is 4.15. The van der Waals surface area contributed by atoms with Crippen LogP contribution >= 0.6 is 11.6 Å². The van der Waals surface area contributed by atoms with Crippen LogP contribution in [-0.2, 0) is 17.9 Å². The highest BCUT2D eigenvalue weighted by molar-refractivity contribution is 6.30. The first kappa shape index (κ1) is 20.0. The van der Waals surface area contributed by atoms with Gasteiger partial charge in [-0.25, -0.2) is 9.07 Å². The molecule has 2 aliphatic rings. The molecule has 0 bridgehead atoms. The van der Waals surface area contributed by atoms with Crippen molar-refractivity contribution in [3.05, 3.63) is 76.3 Å². The second-order valence-corrected chi connectivity index (χ2v) is 8.11. The number of rotatable bonds is 3. The summed E-state index contributed by atoms with van der Waals surface area (Å²) in [5.41, 5.74) is 2.99. The van der Waals surface area contributed by atoms with Gasteiger partial charge in [0.2, 0.25) is 0 Å². The topological polar surface area (TPSA) is 63.5 Å². The van der Waals surface area contributed by atoms with Crippen molar-refractivity contribution in [2.75, 3.05) is 31.1 Å². The lowest BCUT2D eigenvalue weighted by molar-refractivity contribution is -0.00199. The van der Waals surface area contributed by atoms with Crippen molar-refractivity contribution in [1.29, 1.82) is 0 Å². The fraction of sp³-hybridized carbons (Fsp3) is 0.318. The SMILES string of the molecule is O=C(c1nnn2c1CO[C@H](c1ccc(F)cc1)C2)N1CCN(c2ccc(Cl)cc2)CC1. The molecule has 0 N–H and O–H groups in total. The summed E-state index contributed by atoms with van der Waals surface area (Å²) < 4.78 is 20.8. The molecule has 0 spiro atoms. The summed E-state index contributed by atoms with van der Waals surface area (Å²) in [6.07, 6.45) is -0.249. The molecule has 31 heavy (non-hydrogen) atoms. The van der Waals surface area contributed by atoms with E-state index in [1.54, 1.807) is 16.8 Å². The molecule has 2 aliphatic heterocycles. The number of carbonyl (C=O) groups is 1. The number of aromatic nitrogens is 3. The number of nitrogens with zero attached hydrogens (tertiary/aromatic N) is 5. The van der Waals surface area contributed by atoms with Gasteiger partial charge in [0.25, 0.3) is 5.91 Å². The number of piperazine rings is 1. The molecule has 0 unspecified atom stereocenters. The van der Waals surface area contributed by atoms with Gasteiger partial charge in [0.05, 0.1) is 18.8 Å². The molecule has 1 atom stereocenters. The fourth-order valence-electron chi connectivity index (χ4n) is 4.03. The zero-order chi connectivity index (χ0) is 21.4. The monoisotopic (exact) mass is 441 g/mol. The molecule has 3 aromatic rings. The second-order valence-electron chi connectivity index (χ2n) is 7.67. The number of carbonyl (C=O) groups excluding carboxylic acids is 1. The molecule has 7 nitrogen and oxygen atoms in total. The van der Waals surface area contributed by atoms with Crippen molar-refractivity contribution < 1.29 is 13.9 Å². The largest absolute Gasteiger partial charge is 0.368 e. The molecule has 2 aromatic carbocycles. The molecule has 1 saturated heterocycles. The lowest BCUT2D eigenvalue weighted by Crippen LogP contribution is -2.49. The van der Waals surface area contributed by atoms with E-state index in [0.29, 0.717) is 36.0 Å². The lowest BCUT2D eigenvalue weighted by atomic mass is 10.1. The third-order valence-corrected chi connectivity index (χ3v) is 6.05. The molecule has 1 aromatic heterocycles. The van der Waals surface area contributed by atoms with Crippen molar-refractivity contribution in [2.24, 2.45) is 0 Å². The summed E-state index contributed by atoms with van der Waals surface area (Å²) in [5.74, 6) is -0.411. The van der Waals surface area contributed by atoms with Crippen LogP contribution < -0.4 is 4.90 Å². The van der Waals surface area contributed by atoms with Gasteiger partial charge >= 0.3 is 0 Å². The molecule has 0 saturated carbocycles. The number of fused-ring (bicyclic) bond motifs is 1.